The zero-order valence-corrected chi connectivity index (χ0v) is 12.1. The highest BCUT2D eigenvalue weighted by Crippen LogP contribution is 2.37. The van der Waals surface area contributed by atoms with Gasteiger partial charge in [0.15, 0.2) is 0 Å². The molecule has 1 aliphatic carbocycles. The molecule has 0 bridgehead atoms. The molecule has 1 aliphatic rings. The smallest absolute Gasteiger partial charge is 0.291 e. The summed E-state index contributed by atoms with van der Waals surface area (Å²) in [6.45, 7) is 1.91. The molecule has 21 heavy (non-hydrogen) atoms. The molecule has 1 fully saturated rings. The Morgan fingerprint density at radius 3 is 2.90 bits per heavy atom. The van der Waals surface area contributed by atoms with E-state index in [0.717, 1.165) is 30.0 Å². The van der Waals surface area contributed by atoms with Crippen LogP contribution in [0.1, 0.15) is 53.7 Å². The summed E-state index contributed by atoms with van der Waals surface area (Å²) in [5, 5.41) is 9.72. The number of carbonyl (C=O) groups excluding carboxylic acids is 1. The van der Waals surface area contributed by atoms with Crippen LogP contribution >= 0.6 is 0 Å². The second kappa shape index (κ2) is 5.55. The molecule has 2 aromatic rings. The highest BCUT2D eigenvalue weighted by Gasteiger charge is 2.28. The molecule has 3 rings (SSSR count). The maximum absolute atomic E-state index is 12.2. The molecule has 110 valence electrons. The van der Waals surface area contributed by atoms with Crippen molar-refractivity contribution in [1.29, 1.82) is 0 Å². The molecule has 1 unspecified atom stereocenters. The Bertz CT molecular complexity index is 649. The monoisotopic (exact) mass is 286 g/mol. The van der Waals surface area contributed by atoms with Gasteiger partial charge < -0.3 is 10.1 Å². The van der Waals surface area contributed by atoms with Crippen molar-refractivity contribution in [1.82, 2.24) is 20.5 Å². The molecule has 6 nitrogen and oxygen atoms in total. The normalized spacial score (nSPS) is 15.5. The standard InChI is InChI=1S/C15H18N4O2/c1-9(11-5-3-4-6-12(11)21-2)16-15(20)14-17-13(18-19-14)10-7-8-10/h3-6,9-10H,7-8H2,1-2H3,(H,16,20)(H,17,18,19). The van der Waals surface area contributed by atoms with Crippen LogP contribution in [0.15, 0.2) is 24.3 Å². The highest BCUT2D eigenvalue weighted by atomic mass is 16.5. The topological polar surface area (TPSA) is 79.9 Å². The van der Waals surface area contributed by atoms with E-state index in [9.17, 15) is 4.79 Å². The van der Waals surface area contributed by atoms with Crippen LogP contribution in [0.3, 0.4) is 0 Å². The van der Waals surface area contributed by atoms with E-state index in [2.05, 4.69) is 20.5 Å². The van der Waals surface area contributed by atoms with Crippen molar-refractivity contribution in [2.45, 2.75) is 31.7 Å². The lowest BCUT2D eigenvalue weighted by atomic mass is 10.1. The van der Waals surface area contributed by atoms with Gasteiger partial charge in [0.2, 0.25) is 5.82 Å². The summed E-state index contributed by atoms with van der Waals surface area (Å²) in [4.78, 5) is 16.4. The predicted molar refractivity (Wildman–Crippen MR) is 77.2 cm³/mol. The SMILES string of the molecule is COc1ccccc1C(C)NC(=O)c1n[nH]c(C2CC2)n1. The number of H-pyrrole nitrogens is 1. The molecule has 1 saturated carbocycles. The van der Waals surface area contributed by atoms with Crippen molar-refractivity contribution < 1.29 is 9.53 Å². The molecule has 6 heteroatoms. The number of ether oxygens (including phenoxy) is 1. The minimum atomic E-state index is -0.281. The van der Waals surface area contributed by atoms with Crippen LogP contribution in [0.4, 0.5) is 0 Å². The number of methoxy groups -OCH3 is 1. The van der Waals surface area contributed by atoms with E-state index in [1.807, 2.05) is 31.2 Å². The molecule has 0 aliphatic heterocycles. The fourth-order valence-electron chi connectivity index (χ4n) is 2.28. The number of aromatic nitrogens is 3. The van der Waals surface area contributed by atoms with Gasteiger partial charge in [-0.05, 0) is 25.8 Å². The summed E-state index contributed by atoms with van der Waals surface area (Å²) in [6, 6.07) is 7.43. The third-order valence-corrected chi connectivity index (χ3v) is 3.62. The molecule has 1 aromatic carbocycles. The molecule has 0 radical (unpaired) electrons. The van der Waals surface area contributed by atoms with Crippen molar-refractivity contribution in [3.8, 4) is 5.75 Å². The number of carbonyl (C=O) groups is 1. The number of nitrogens with zero attached hydrogens (tertiary/aromatic N) is 2. The van der Waals surface area contributed by atoms with E-state index in [4.69, 9.17) is 4.74 Å². The molecular formula is C15H18N4O2. The zero-order chi connectivity index (χ0) is 14.8. The molecule has 1 atom stereocenters. The first kappa shape index (κ1) is 13.6. The Morgan fingerprint density at radius 2 is 2.19 bits per heavy atom. The van der Waals surface area contributed by atoms with Gasteiger partial charge in [0.1, 0.15) is 11.6 Å². The number of rotatable bonds is 5. The Hall–Kier alpha value is -2.37. The first-order valence-corrected chi connectivity index (χ1v) is 7.05. The fraction of sp³-hybridized carbons (Fsp3) is 0.400. The van der Waals surface area contributed by atoms with E-state index in [0.29, 0.717) is 5.92 Å². The summed E-state index contributed by atoms with van der Waals surface area (Å²) < 4.78 is 5.31. The number of benzene rings is 1. The second-order valence-corrected chi connectivity index (χ2v) is 5.26. The summed E-state index contributed by atoms with van der Waals surface area (Å²) in [6.07, 6.45) is 2.24. The van der Waals surface area contributed by atoms with Crippen LogP contribution in [0, 0.1) is 0 Å². The van der Waals surface area contributed by atoms with Crippen LogP contribution in [0.5, 0.6) is 5.75 Å². The summed E-state index contributed by atoms with van der Waals surface area (Å²) >= 11 is 0. The maximum atomic E-state index is 12.2. The molecule has 2 N–H and O–H groups in total. The first-order valence-electron chi connectivity index (χ1n) is 7.05. The molecule has 0 saturated heterocycles. The van der Waals surface area contributed by atoms with Gasteiger partial charge in [-0.3, -0.25) is 9.89 Å². The number of aromatic amines is 1. The van der Waals surface area contributed by atoms with Gasteiger partial charge in [0, 0.05) is 11.5 Å². The third-order valence-electron chi connectivity index (χ3n) is 3.62. The Balaban J connectivity index is 1.70. The van der Waals surface area contributed by atoms with Gasteiger partial charge >= 0.3 is 0 Å². The van der Waals surface area contributed by atoms with Crippen LogP contribution in [0.2, 0.25) is 0 Å². The molecule has 1 aromatic heterocycles. The van der Waals surface area contributed by atoms with Gasteiger partial charge in [-0.15, -0.1) is 5.10 Å². The van der Waals surface area contributed by atoms with Gasteiger partial charge in [0.05, 0.1) is 13.2 Å². The largest absolute Gasteiger partial charge is 0.496 e. The number of hydrogen-bond donors (Lipinski definition) is 2. The first-order chi connectivity index (χ1) is 10.2. The number of hydrogen-bond acceptors (Lipinski definition) is 4. The van der Waals surface area contributed by atoms with E-state index in [-0.39, 0.29) is 17.8 Å². The van der Waals surface area contributed by atoms with E-state index >= 15 is 0 Å². The van der Waals surface area contributed by atoms with Crippen molar-refractivity contribution in [2.24, 2.45) is 0 Å². The van der Waals surface area contributed by atoms with Crippen LogP contribution < -0.4 is 10.1 Å². The van der Waals surface area contributed by atoms with Crippen LogP contribution in [0.25, 0.3) is 0 Å². The predicted octanol–water partition coefficient (Wildman–Crippen LogP) is 2.18. The average Bonchev–Trinajstić information content (AvgIpc) is 3.24. The highest BCUT2D eigenvalue weighted by molar-refractivity contribution is 5.90. The Morgan fingerprint density at radius 1 is 1.43 bits per heavy atom. The second-order valence-electron chi connectivity index (χ2n) is 5.26. The van der Waals surface area contributed by atoms with Gasteiger partial charge in [-0.25, -0.2) is 4.98 Å². The Kier molecular flexibility index (Phi) is 3.60. The molecule has 1 amide bonds. The minimum absolute atomic E-state index is 0.184. The average molecular weight is 286 g/mol. The third kappa shape index (κ3) is 2.89. The van der Waals surface area contributed by atoms with Gasteiger partial charge in [0.25, 0.3) is 5.91 Å². The van der Waals surface area contributed by atoms with Crippen molar-refractivity contribution in [2.75, 3.05) is 7.11 Å². The van der Waals surface area contributed by atoms with Crippen LogP contribution in [-0.4, -0.2) is 28.2 Å². The lowest BCUT2D eigenvalue weighted by Gasteiger charge is -2.16. The summed E-state index contributed by atoms with van der Waals surface area (Å²) in [7, 11) is 1.62. The lowest BCUT2D eigenvalue weighted by Crippen LogP contribution is -2.27. The van der Waals surface area contributed by atoms with Crippen molar-refractivity contribution in [3.05, 3.63) is 41.5 Å². The summed E-state index contributed by atoms with van der Waals surface area (Å²) in [5.41, 5.74) is 0.923. The fourth-order valence-corrected chi connectivity index (χ4v) is 2.28. The van der Waals surface area contributed by atoms with Gasteiger partial charge in [-0.1, -0.05) is 18.2 Å². The molecule has 0 spiro atoms. The zero-order valence-electron chi connectivity index (χ0n) is 12.1. The van der Waals surface area contributed by atoms with E-state index < -0.39 is 0 Å². The minimum Gasteiger partial charge on any atom is -0.496 e. The number of amides is 1. The maximum Gasteiger partial charge on any atom is 0.291 e. The Labute approximate surface area is 122 Å². The van der Waals surface area contributed by atoms with E-state index in [1.165, 1.54) is 0 Å². The van der Waals surface area contributed by atoms with Crippen LogP contribution in [-0.2, 0) is 0 Å². The molecule has 1 heterocycles. The van der Waals surface area contributed by atoms with Crippen molar-refractivity contribution >= 4 is 5.91 Å². The number of nitrogens with one attached hydrogen (secondary N) is 2. The van der Waals surface area contributed by atoms with E-state index in [1.54, 1.807) is 7.11 Å². The quantitative estimate of drug-likeness (QED) is 0.883. The number of para-hydroxylation sites is 1. The van der Waals surface area contributed by atoms with Crippen molar-refractivity contribution in [3.63, 3.8) is 0 Å². The molecular weight excluding hydrogens is 268 g/mol. The van der Waals surface area contributed by atoms with Gasteiger partial charge in [-0.2, -0.15) is 0 Å². The summed E-state index contributed by atoms with van der Waals surface area (Å²) in [5.74, 6) is 1.92. The lowest BCUT2D eigenvalue weighted by molar-refractivity contribution is 0.0929.